The van der Waals surface area contributed by atoms with E-state index in [1.807, 2.05) is 24.3 Å². The van der Waals surface area contributed by atoms with Gasteiger partial charge in [-0.05, 0) is 54.4 Å². The highest BCUT2D eigenvalue weighted by Crippen LogP contribution is 2.12. The number of rotatable bonds is 6. The van der Waals surface area contributed by atoms with Gasteiger partial charge >= 0.3 is 0 Å². The third-order valence-electron chi connectivity index (χ3n) is 3.60. The van der Waals surface area contributed by atoms with E-state index in [1.54, 1.807) is 12.1 Å². The van der Waals surface area contributed by atoms with Crippen LogP contribution in [0.15, 0.2) is 60.7 Å². The molecular weight excluding hydrogens is 355 g/mol. The second kappa shape index (κ2) is 8.40. The normalized spacial score (nSPS) is 10.4. The predicted molar refractivity (Wildman–Crippen MR) is 100 cm³/mol. The quantitative estimate of drug-likeness (QED) is 0.683. The molecule has 0 bridgehead atoms. The summed E-state index contributed by atoms with van der Waals surface area (Å²) in [4.78, 5) is 12.0. The van der Waals surface area contributed by atoms with Gasteiger partial charge in [0.25, 0.3) is 5.91 Å². The number of aromatic nitrogens is 2. The summed E-state index contributed by atoms with van der Waals surface area (Å²) >= 11 is 5.95. The van der Waals surface area contributed by atoms with Crippen molar-refractivity contribution in [2.45, 2.75) is 6.42 Å². The lowest BCUT2D eigenvalue weighted by Crippen LogP contribution is -2.14. The van der Waals surface area contributed by atoms with Crippen LogP contribution >= 0.6 is 11.6 Å². The van der Waals surface area contributed by atoms with Crippen LogP contribution in [0.25, 0.3) is 0 Å². The Labute approximate surface area is 155 Å². The lowest BCUT2D eigenvalue weighted by Gasteiger charge is -2.07. The predicted octanol–water partition coefficient (Wildman–Crippen LogP) is 4.18. The molecular formula is C19H16ClFN4O. The Morgan fingerprint density at radius 3 is 2.50 bits per heavy atom. The Morgan fingerprint density at radius 2 is 1.77 bits per heavy atom. The Bertz CT molecular complexity index is 902. The molecule has 2 N–H and O–H groups in total. The molecule has 1 heterocycles. The minimum Gasteiger partial charge on any atom is -0.368 e. The summed E-state index contributed by atoms with van der Waals surface area (Å²) in [5.41, 5.74) is 1.34. The minimum absolute atomic E-state index is 0.218. The highest BCUT2D eigenvalue weighted by atomic mass is 35.5. The van der Waals surface area contributed by atoms with Crippen molar-refractivity contribution in [3.8, 4) is 0 Å². The van der Waals surface area contributed by atoms with Crippen molar-refractivity contribution >= 4 is 29.1 Å². The second-order valence-electron chi connectivity index (χ2n) is 5.57. The van der Waals surface area contributed by atoms with Crippen molar-refractivity contribution in [3.63, 3.8) is 0 Å². The number of anilines is 2. The summed E-state index contributed by atoms with van der Waals surface area (Å²) in [6.07, 6.45) is 0.792. The van der Waals surface area contributed by atoms with E-state index in [0.717, 1.165) is 18.1 Å². The van der Waals surface area contributed by atoms with Gasteiger partial charge < -0.3 is 10.6 Å². The molecule has 3 aromatic rings. The van der Waals surface area contributed by atoms with Gasteiger partial charge in [-0.25, -0.2) is 4.39 Å². The molecule has 7 heteroatoms. The summed E-state index contributed by atoms with van der Waals surface area (Å²) in [5, 5.41) is 14.4. The first-order valence-corrected chi connectivity index (χ1v) is 8.37. The van der Waals surface area contributed by atoms with E-state index in [2.05, 4.69) is 20.8 Å². The molecule has 0 spiro atoms. The smallest absolute Gasteiger partial charge is 0.256 e. The lowest BCUT2D eigenvalue weighted by atomic mass is 10.1. The molecule has 0 saturated heterocycles. The SMILES string of the molecule is O=C(Nc1ccc(NCCc2cccc(Cl)c2)nn1)c1cccc(F)c1. The van der Waals surface area contributed by atoms with E-state index < -0.39 is 11.7 Å². The second-order valence-corrected chi connectivity index (χ2v) is 6.01. The maximum Gasteiger partial charge on any atom is 0.256 e. The van der Waals surface area contributed by atoms with Gasteiger partial charge in [0.05, 0.1) is 0 Å². The summed E-state index contributed by atoms with van der Waals surface area (Å²) in [5.74, 6) is -0.0288. The van der Waals surface area contributed by atoms with Gasteiger partial charge in [0, 0.05) is 17.1 Å². The van der Waals surface area contributed by atoms with Gasteiger partial charge in [-0.3, -0.25) is 4.79 Å². The molecule has 0 aliphatic carbocycles. The van der Waals surface area contributed by atoms with Crippen molar-refractivity contribution in [2.24, 2.45) is 0 Å². The van der Waals surface area contributed by atoms with Crippen molar-refractivity contribution in [3.05, 3.63) is 82.6 Å². The molecule has 5 nitrogen and oxygen atoms in total. The zero-order valence-corrected chi connectivity index (χ0v) is 14.5. The van der Waals surface area contributed by atoms with E-state index >= 15 is 0 Å². The van der Waals surface area contributed by atoms with Gasteiger partial charge in [0.15, 0.2) is 5.82 Å². The van der Waals surface area contributed by atoms with Gasteiger partial charge in [-0.1, -0.05) is 29.8 Å². The number of hydrogen-bond acceptors (Lipinski definition) is 4. The highest BCUT2D eigenvalue weighted by Gasteiger charge is 2.08. The van der Waals surface area contributed by atoms with Gasteiger partial charge in [0.2, 0.25) is 0 Å². The number of amides is 1. The summed E-state index contributed by atoms with van der Waals surface area (Å²) in [7, 11) is 0. The maximum absolute atomic E-state index is 13.2. The monoisotopic (exact) mass is 370 g/mol. The molecule has 0 saturated carbocycles. The van der Waals surface area contributed by atoms with Crippen molar-refractivity contribution in [2.75, 3.05) is 17.2 Å². The summed E-state index contributed by atoms with van der Waals surface area (Å²) in [6.45, 7) is 0.671. The van der Waals surface area contributed by atoms with Crippen LogP contribution in [-0.4, -0.2) is 22.6 Å². The number of benzene rings is 2. The number of nitrogens with zero attached hydrogens (tertiary/aromatic N) is 2. The van der Waals surface area contributed by atoms with Gasteiger partial charge in [0.1, 0.15) is 11.6 Å². The fourth-order valence-electron chi connectivity index (χ4n) is 2.34. The van der Waals surface area contributed by atoms with Crippen LogP contribution in [0.5, 0.6) is 0 Å². The fraction of sp³-hybridized carbons (Fsp3) is 0.105. The first-order chi connectivity index (χ1) is 12.6. The van der Waals surface area contributed by atoms with E-state index in [1.165, 1.54) is 18.2 Å². The number of carbonyl (C=O) groups excluding carboxylic acids is 1. The third kappa shape index (κ3) is 5.00. The molecule has 3 rings (SSSR count). The molecule has 0 atom stereocenters. The number of halogens is 2. The Morgan fingerprint density at radius 1 is 1.00 bits per heavy atom. The van der Waals surface area contributed by atoms with E-state index in [-0.39, 0.29) is 5.56 Å². The first kappa shape index (κ1) is 17.8. The van der Waals surface area contributed by atoms with Crippen LogP contribution in [-0.2, 0) is 6.42 Å². The molecule has 0 aliphatic rings. The summed E-state index contributed by atoms with van der Waals surface area (Å²) < 4.78 is 13.2. The van der Waals surface area contributed by atoms with Gasteiger partial charge in [-0.15, -0.1) is 10.2 Å². The Kier molecular flexibility index (Phi) is 5.76. The average molecular weight is 371 g/mol. The van der Waals surface area contributed by atoms with Crippen LogP contribution < -0.4 is 10.6 Å². The van der Waals surface area contributed by atoms with Crippen molar-refractivity contribution < 1.29 is 9.18 Å². The van der Waals surface area contributed by atoms with E-state index in [4.69, 9.17) is 11.6 Å². The van der Waals surface area contributed by atoms with E-state index in [9.17, 15) is 9.18 Å². The van der Waals surface area contributed by atoms with Gasteiger partial charge in [-0.2, -0.15) is 0 Å². The number of carbonyl (C=O) groups is 1. The third-order valence-corrected chi connectivity index (χ3v) is 3.84. The van der Waals surface area contributed by atoms with Crippen LogP contribution in [0.3, 0.4) is 0 Å². The van der Waals surface area contributed by atoms with Crippen LogP contribution in [0, 0.1) is 5.82 Å². The molecule has 0 aliphatic heterocycles. The number of hydrogen-bond donors (Lipinski definition) is 2. The zero-order valence-electron chi connectivity index (χ0n) is 13.7. The van der Waals surface area contributed by atoms with Crippen LogP contribution in [0.2, 0.25) is 5.02 Å². The highest BCUT2D eigenvalue weighted by molar-refractivity contribution is 6.30. The zero-order chi connectivity index (χ0) is 18.4. The molecule has 0 fully saturated rings. The standard InChI is InChI=1S/C19H16ClFN4O/c20-15-5-1-3-13(11-15)9-10-22-17-7-8-18(25-24-17)23-19(26)14-4-2-6-16(21)12-14/h1-8,11-12H,9-10H2,(H,22,24)(H,23,25,26). The molecule has 0 radical (unpaired) electrons. The summed E-state index contributed by atoms with van der Waals surface area (Å²) in [6, 6.07) is 16.5. The maximum atomic E-state index is 13.2. The molecule has 0 unspecified atom stereocenters. The minimum atomic E-state index is -0.469. The largest absolute Gasteiger partial charge is 0.368 e. The van der Waals surface area contributed by atoms with Crippen molar-refractivity contribution in [1.82, 2.24) is 10.2 Å². The average Bonchev–Trinajstić information content (AvgIpc) is 2.63. The first-order valence-electron chi connectivity index (χ1n) is 7.99. The molecule has 1 aromatic heterocycles. The topological polar surface area (TPSA) is 66.9 Å². The lowest BCUT2D eigenvalue weighted by molar-refractivity contribution is 0.102. The van der Waals surface area contributed by atoms with E-state index in [0.29, 0.717) is 23.2 Å². The molecule has 26 heavy (non-hydrogen) atoms. The fourth-order valence-corrected chi connectivity index (χ4v) is 2.55. The molecule has 2 aromatic carbocycles. The van der Waals surface area contributed by atoms with Crippen LogP contribution in [0.4, 0.5) is 16.0 Å². The molecule has 1 amide bonds. The van der Waals surface area contributed by atoms with Crippen molar-refractivity contribution in [1.29, 1.82) is 0 Å². The number of nitrogens with one attached hydrogen (secondary N) is 2. The molecule has 132 valence electrons. The Hall–Kier alpha value is -2.99. The van der Waals surface area contributed by atoms with Crippen LogP contribution in [0.1, 0.15) is 15.9 Å². The Balaban J connectivity index is 1.52.